The van der Waals surface area contributed by atoms with Crippen LogP contribution < -0.4 is 0 Å². The van der Waals surface area contributed by atoms with E-state index < -0.39 is 0 Å². The summed E-state index contributed by atoms with van der Waals surface area (Å²) in [4.78, 5) is 15.9. The first-order valence-electron chi connectivity index (χ1n) is 6.80. The normalized spacial score (nSPS) is 10.8. The number of halogens is 1. The van der Waals surface area contributed by atoms with Gasteiger partial charge in [-0.2, -0.15) is 5.10 Å². The highest BCUT2D eigenvalue weighted by Gasteiger charge is 2.13. The highest BCUT2D eigenvalue weighted by Crippen LogP contribution is 2.22. The molecule has 0 spiro atoms. The minimum Gasteiger partial charge on any atom is -0.356 e. The number of benzene rings is 1. The minimum absolute atomic E-state index is 0.0518. The van der Waals surface area contributed by atoms with Crippen LogP contribution in [0.4, 0.5) is 0 Å². The second-order valence-electron chi connectivity index (χ2n) is 4.77. The van der Waals surface area contributed by atoms with E-state index in [0.29, 0.717) is 35.9 Å². The number of ketones is 1. The van der Waals surface area contributed by atoms with Crippen molar-refractivity contribution >= 4 is 17.4 Å². The molecule has 0 bridgehead atoms. The maximum atomic E-state index is 12.1. The molecule has 3 rings (SSSR count). The summed E-state index contributed by atoms with van der Waals surface area (Å²) in [6, 6.07) is 8.82. The average molecular weight is 317 g/mol. The molecule has 0 N–H and O–H groups in total. The Morgan fingerprint density at radius 1 is 1.27 bits per heavy atom. The van der Waals surface area contributed by atoms with Crippen LogP contribution in [0.2, 0.25) is 5.02 Å². The average Bonchev–Trinajstić information content (AvgIpc) is 3.19. The van der Waals surface area contributed by atoms with Crippen LogP contribution in [0, 0.1) is 0 Å². The summed E-state index contributed by atoms with van der Waals surface area (Å²) in [7, 11) is 0. The molecule has 0 saturated heterocycles. The van der Waals surface area contributed by atoms with Gasteiger partial charge in [0.25, 0.3) is 0 Å². The molecule has 22 heavy (non-hydrogen) atoms. The fourth-order valence-corrected chi connectivity index (χ4v) is 2.16. The first-order chi connectivity index (χ1) is 10.7. The van der Waals surface area contributed by atoms with Gasteiger partial charge in [0, 0.05) is 29.6 Å². The smallest absolute Gasteiger partial charge is 0.184 e. The molecule has 0 unspecified atom stereocenters. The Hall–Kier alpha value is -2.47. The number of carbonyl (C=O) groups is 1. The fraction of sp³-hybridized carbons (Fsp3) is 0.200. The number of Topliss-reactive ketones (excluding diaryl/α,β-unsaturated/α-hetero) is 1. The Morgan fingerprint density at radius 3 is 2.82 bits per heavy atom. The van der Waals surface area contributed by atoms with Gasteiger partial charge in [0.2, 0.25) is 0 Å². The Balaban J connectivity index is 1.60. The molecule has 0 aliphatic carbocycles. The third kappa shape index (κ3) is 3.40. The monoisotopic (exact) mass is 316 g/mol. The molecule has 0 saturated carbocycles. The number of aryl methyl sites for hydroxylation is 1. The molecule has 0 aliphatic rings. The lowest BCUT2D eigenvalue weighted by atomic mass is 10.1. The largest absolute Gasteiger partial charge is 0.356 e. The van der Waals surface area contributed by atoms with E-state index in [4.69, 9.17) is 16.1 Å². The topological polar surface area (TPSA) is 73.8 Å². The Morgan fingerprint density at radius 2 is 2.09 bits per heavy atom. The second-order valence-corrected chi connectivity index (χ2v) is 5.21. The molecule has 2 aromatic heterocycles. The van der Waals surface area contributed by atoms with Gasteiger partial charge >= 0.3 is 0 Å². The first-order valence-corrected chi connectivity index (χ1v) is 7.18. The molecule has 1 aromatic carbocycles. The summed E-state index contributed by atoms with van der Waals surface area (Å²) in [6.45, 7) is 0.646. The third-order valence-electron chi connectivity index (χ3n) is 3.18. The molecule has 6 nitrogen and oxygen atoms in total. The van der Waals surface area contributed by atoms with Crippen LogP contribution in [0.1, 0.15) is 23.3 Å². The Kier molecular flexibility index (Phi) is 4.29. The highest BCUT2D eigenvalue weighted by atomic mass is 35.5. The van der Waals surface area contributed by atoms with Crippen LogP contribution in [0.3, 0.4) is 0 Å². The second kappa shape index (κ2) is 6.53. The molecule has 2 heterocycles. The van der Waals surface area contributed by atoms with Crippen molar-refractivity contribution in [2.45, 2.75) is 19.4 Å². The molecule has 0 radical (unpaired) electrons. The standard InChI is InChI=1S/C15H13ClN4O2/c16-12-5-3-11(4-6-12)15-8-13(19-22-15)14(21)2-1-7-20-10-17-9-18-20/h3-6,8-10H,1-2,7H2. The van der Waals surface area contributed by atoms with Crippen LogP contribution in [0.5, 0.6) is 0 Å². The zero-order valence-corrected chi connectivity index (χ0v) is 12.4. The zero-order chi connectivity index (χ0) is 15.4. The zero-order valence-electron chi connectivity index (χ0n) is 11.6. The molecule has 112 valence electrons. The summed E-state index contributed by atoms with van der Waals surface area (Å²) < 4.78 is 6.91. The lowest BCUT2D eigenvalue weighted by molar-refractivity contribution is 0.0969. The van der Waals surface area contributed by atoms with Gasteiger partial charge < -0.3 is 4.52 Å². The van der Waals surface area contributed by atoms with Crippen LogP contribution in [0.15, 0.2) is 47.5 Å². The minimum atomic E-state index is -0.0518. The molecule has 7 heteroatoms. The van der Waals surface area contributed by atoms with E-state index in [9.17, 15) is 4.79 Å². The number of aromatic nitrogens is 4. The summed E-state index contributed by atoms with van der Waals surface area (Å²) in [5.74, 6) is 0.500. The van der Waals surface area contributed by atoms with E-state index in [0.717, 1.165) is 5.56 Å². The van der Waals surface area contributed by atoms with Crippen molar-refractivity contribution < 1.29 is 9.32 Å². The quantitative estimate of drug-likeness (QED) is 0.653. The van der Waals surface area contributed by atoms with E-state index in [1.807, 2.05) is 12.1 Å². The van der Waals surface area contributed by atoms with Crippen molar-refractivity contribution in [2.75, 3.05) is 0 Å². The molecule has 0 fully saturated rings. The SMILES string of the molecule is O=C(CCCn1cncn1)c1cc(-c2ccc(Cl)cc2)on1. The summed E-state index contributed by atoms with van der Waals surface area (Å²) >= 11 is 5.84. The predicted octanol–water partition coefficient (Wildman–Crippen LogP) is 3.25. The van der Waals surface area contributed by atoms with Gasteiger partial charge in [-0.25, -0.2) is 4.98 Å². The van der Waals surface area contributed by atoms with E-state index in [-0.39, 0.29) is 5.78 Å². The van der Waals surface area contributed by atoms with Gasteiger partial charge in [0.15, 0.2) is 11.5 Å². The maximum Gasteiger partial charge on any atom is 0.184 e. The van der Waals surface area contributed by atoms with Gasteiger partial charge in [0.05, 0.1) is 0 Å². The predicted molar refractivity (Wildman–Crippen MR) is 80.5 cm³/mol. The molecule has 0 aliphatic heterocycles. The van der Waals surface area contributed by atoms with Gasteiger partial charge in [0.1, 0.15) is 18.3 Å². The number of carbonyl (C=O) groups excluding carboxylic acids is 1. The molecular formula is C15H13ClN4O2. The van der Waals surface area contributed by atoms with Gasteiger partial charge in [-0.3, -0.25) is 9.48 Å². The van der Waals surface area contributed by atoms with Crippen molar-refractivity contribution in [3.8, 4) is 11.3 Å². The summed E-state index contributed by atoms with van der Waals surface area (Å²) in [5, 5.41) is 8.47. The van der Waals surface area contributed by atoms with Gasteiger partial charge in [-0.15, -0.1) is 0 Å². The van der Waals surface area contributed by atoms with E-state index in [1.54, 1.807) is 29.2 Å². The molecule has 0 atom stereocenters. The van der Waals surface area contributed by atoms with Crippen molar-refractivity contribution in [3.63, 3.8) is 0 Å². The highest BCUT2D eigenvalue weighted by molar-refractivity contribution is 6.30. The molecule has 0 amide bonds. The van der Waals surface area contributed by atoms with Gasteiger partial charge in [-0.1, -0.05) is 16.8 Å². The number of rotatable bonds is 6. The summed E-state index contributed by atoms with van der Waals surface area (Å²) in [5.41, 5.74) is 1.17. The van der Waals surface area contributed by atoms with Crippen LogP contribution in [-0.4, -0.2) is 25.7 Å². The van der Waals surface area contributed by atoms with Crippen molar-refractivity contribution in [2.24, 2.45) is 0 Å². The van der Waals surface area contributed by atoms with E-state index in [1.165, 1.54) is 6.33 Å². The fourth-order valence-electron chi connectivity index (χ4n) is 2.03. The third-order valence-corrected chi connectivity index (χ3v) is 3.43. The van der Waals surface area contributed by atoms with Crippen molar-refractivity contribution in [1.82, 2.24) is 19.9 Å². The Labute approximate surface area is 131 Å². The first kappa shape index (κ1) is 14.5. The Bertz CT molecular complexity index is 750. The van der Waals surface area contributed by atoms with E-state index >= 15 is 0 Å². The number of hydrogen-bond acceptors (Lipinski definition) is 5. The van der Waals surface area contributed by atoms with E-state index in [2.05, 4.69) is 15.2 Å². The number of nitrogens with zero attached hydrogens (tertiary/aromatic N) is 4. The lowest BCUT2D eigenvalue weighted by Crippen LogP contribution is -2.04. The summed E-state index contributed by atoms with van der Waals surface area (Å²) in [6.07, 6.45) is 4.15. The molecule has 3 aromatic rings. The maximum absolute atomic E-state index is 12.1. The lowest BCUT2D eigenvalue weighted by Gasteiger charge is -1.98. The number of hydrogen-bond donors (Lipinski definition) is 0. The van der Waals surface area contributed by atoms with Crippen LogP contribution in [-0.2, 0) is 6.54 Å². The van der Waals surface area contributed by atoms with Crippen molar-refractivity contribution in [1.29, 1.82) is 0 Å². The van der Waals surface area contributed by atoms with Crippen molar-refractivity contribution in [3.05, 3.63) is 53.7 Å². The molecular weight excluding hydrogens is 304 g/mol. The van der Waals surface area contributed by atoms with Gasteiger partial charge in [-0.05, 0) is 30.7 Å². The van der Waals surface area contributed by atoms with Crippen LogP contribution >= 0.6 is 11.6 Å². The van der Waals surface area contributed by atoms with Crippen LogP contribution in [0.25, 0.3) is 11.3 Å².